The van der Waals surface area contributed by atoms with E-state index in [2.05, 4.69) is 0 Å². The van der Waals surface area contributed by atoms with Gasteiger partial charge in [-0.2, -0.15) is 0 Å². The lowest BCUT2D eigenvalue weighted by atomic mass is 9.95. The van der Waals surface area contributed by atoms with Gasteiger partial charge in [0.2, 0.25) is 0 Å². The third-order valence-corrected chi connectivity index (χ3v) is 2.65. The van der Waals surface area contributed by atoms with Gasteiger partial charge < -0.3 is 24.8 Å². The highest BCUT2D eigenvalue weighted by Crippen LogP contribution is 2.17. The van der Waals surface area contributed by atoms with Crippen LogP contribution in [0.15, 0.2) is 0 Å². The summed E-state index contributed by atoms with van der Waals surface area (Å²) in [5, 5.41) is 27.1. The molecule has 0 heterocycles. The molecule has 1 atom stereocenters. The van der Waals surface area contributed by atoms with Gasteiger partial charge in [0.1, 0.15) is 12.7 Å². The van der Waals surface area contributed by atoms with Crippen molar-refractivity contribution in [1.82, 2.24) is 4.90 Å². The molecule has 0 aromatic rings. The summed E-state index contributed by atoms with van der Waals surface area (Å²) in [5.41, 5.74) is -0.879. The van der Waals surface area contributed by atoms with Crippen LogP contribution in [-0.4, -0.2) is 84.2 Å². The summed E-state index contributed by atoms with van der Waals surface area (Å²) in [5.74, 6) is -3.00. The summed E-state index contributed by atoms with van der Waals surface area (Å²) in [6.07, 6.45) is -1.19. The molecule has 9 nitrogen and oxygen atoms in total. The van der Waals surface area contributed by atoms with Gasteiger partial charge in [-0.05, 0) is 13.8 Å². The molecule has 0 aliphatic carbocycles. The number of carboxylic acid groups (broad SMARTS) is 2. The summed E-state index contributed by atoms with van der Waals surface area (Å²) in [4.78, 5) is 34.1. The molecular formula is C13H23NO8. The van der Waals surface area contributed by atoms with Crippen molar-refractivity contribution >= 4 is 17.9 Å². The van der Waals surface area contributed by atoms with Crippen LogP contribution in [-0.2, 0) is 23.9 Å². The van der Waals surface area contributed by atoms with E-state index in [0.29, 0.717) is 0 Å². The fraction of sp³-hybridized carbons (Fsp3) is 0.769. The maximum absolute atomic E-state index is 11.8. The Morgan fingerprint density at radius 1 is 1.14 bits per heavy atom. The highest BCUT2D eigenvalue weighted by atomic mass is 16.5. The Hall–Kier alpha value is -1.71. The van der Waals surface area contributed by atoms with Crippen molar-refractivity contribution in [1.29, 1.82) is 0 Å². The van der Waals surface area contributed by atoms with E-state index in [9.17, 15) is 19.5 Å². The van der Waals surface area contributed by atoms with E-state index in [1.807, 2.05) is 0 Å². The second kappa shape index (κ2) is 9.34. The molecule has 0 saturated heterocycles. The number of carbonyl (C=O) groups excluding carboxylic acids is 1. The van der Waals surface area contributed by atoms with E-state index >= 15 is 0 Å². The monoisotopic (exact) mass is 321 g/mol. The fourth-order valence-electron chi connectivity index (χ4n) is 1.71. The maximum atomic E-state index is 11.8. The van der Waals surface area contributed by atoms with Gasteiger partial charge in [-0.25, -0.2) is 0 Å². The third-order valence-electron chi connectivity index (χ3n) is 2.65. The van der Waals surface area contributed by atoms with E-state index in [0.717, 1.165) is 4.90 Å². The van der Waals surface area contributed by atoms with Crippen molar-refractivity contribution in [2.45, 2.75) is 20.0 Å². The molecule has 0 fully saturated rings. The molecule has 3 N–H and O–H groups in total. The first-order valence-corrected chi connectivity index (χ1v) is 6.58. The quantitative estimate of drug-likeness (QED) is 0.411. The van der Waals surface area contributed by atoms with E-state index in [-0.39, 0.29) is 19.8 Å². The minimum absolute atomic E-state index is 0.145. The summed E-state index contributed by atoms with van der Waals surface area (Å²) in [7, 11) is 1.44. The largest absolute Gasteiger partial charge is 0.480 e. The number of hydrogen-bond acceptors (Lipinski definition) is 7. The first-order chi connectivity index (χ1) is 10.1. The number of carboxylic acids is 2. The smallest absolute Gasteiger partial charge is 0.317 e. The molecule has 9 heteroatoms. The number of nitrogens with zero attached hydrogens (tertiary/aromatic N) is 1. The second-order valence-corrected chi connectivity index (χ2v) is 5.53. The van der Waals surface area contributed by atoms with E-state index < -0.39 is 42.5 Å². The number of methoxy groups -OCH3 is 1. The molecule has 0 spiro atoms. The topological polar surface area (TPSA) is 134 Å². The third kappa shape index (κ3) is 8.55. The Morgan fingerprint density at radius 2 is 1.64 bits per heavy atom. The van der Waals surface area contributed by atoms with Crippen molar-refractivity contribution in [2.75, 3.05) is 40.0 Å². The fourth-order valence-corrected chi connectivity index (χ4v) is 1.71. The van der Waals surface area contributed by atoms with Gasteiger partial charge in [-0.3, -0.25) is 19.3 Å². The minimum atomic E-state index is -1.22. The van der Waals surface area contributed by atoms with Crippen molar-refractivity contribution in [3.05, 3.63) is 0 Å². The molecule has 22 heavy (non-hydrogen) atoms. The first kappa shape index (κ1) is 20.3. The molecule has 128 valence electrons. The zero-order valence-corrected chi connectivity index (χ0v) is 12.9. The number of carbonyl (C=O) groups is 3. The van der Waals surface area contributed by atoms with Crippen LogP contribution in [0.4, 0.5) is 0 Å². The lowest BCUT2D eigenvalue weighted by Gasteiger charge is -2.24. The van der Waals surface area contributed by atoms with E-state index in [1.165, 1.54) is 7.11 Å². The Morgan fingerprint density at radius 3 is 2.05 bits per heavy atom. The number of aliphatic hydroxyl groups is 1. The Balaban J connectivity index is 4.39. The van der Waals surface area contributed by atoms with Crippen LogP contribution in [0, 0.1) is 5.41 Å². The van der Waals surface area contributed by atoms with Gasteiger partial charge in [0.05, 0.1) is 25.1 Å². The molecule has 0 amide bonds. The molecule has 0 aliphatic rings. The number of aliphatic carboxylic acids is 2. The van der Waals surface area contributed by atoms with Crippen LogP contribution in [0.5, 0.6) is 0 Å². The predicted octanol–water partition coefficient (Wildman–Crippen LogP) is -0.966. The van der Waals surface area contributed by atoms with Crippen LogP contribution >= 0.6 is 0 Å². The lowest BCUT2D eigenvalue weighted by Crippen LogP contribution is -2.42. The van der Waals surface area contributed by atoms with Crippen molar-refractivity contribution in [3.63, 3.8) is 0 Å². The van der Waals surface area contributed by atoms with Crippen molar-refractivity contribution in [3.8, 4) is 0 Å². The molecule has 0 rings (SSSR count). The molecule has 0 saturated carbocycles. The van der Waals surface area contributed by atoms with Crippen LogP contribution in [0.2, 0.25) is 0 Å². The zero-order chi connectivity index (χ0) is 17.3. The SMILES string of the molecule is COCC(C)(C)C(=O)OCC(O)CN(CC(=O)O)CC(=O)O. The normalized spacial score (nSPS) is 13.0. The highest BCUT2D eigenvalue weighted by Gasteiger charge is 2.30. The molecule has 0 radical (unpaired) electrons. The first-order valence-electron chi connectivity index (χ1n) is 6.58. The number of aliphatic hydroxyl groups excluding tert-OH is 1. The van der Waals surface area contributed by atoms with Gasteiger partial charge in [0.25, 0.3) is 0 Å². The Labute approximate surface area is 128 Å². The molecular weight excluding hydrogens is 298 g/mol. The summed E-state index contributed by atoms with van der Waals surface area (Å²) in [6, 6.07) is 0. The van der Waals surface area contributed by atoms with Gasteiger partial charge in [-0.1, -0.05) is 0 Å². The van der Waals surface area contributed by atoms with E-state index in [4.69, 9.17) is 19.7 Å². The van der Waals surface area contributed by atoms with Gasteiger partial charge >= 0.3 is 17.9 Å². The van der Waals surface area contributed by atoms with Crippen molar-refractivity contribution < 1.29 is 39.2 Å². The predicted molar refractivity (Wildman–Crippen MR) is 74.3 cm³/mol. The van der Waals surface area contributed by atoms with Crippen molar-refractivity contribution in [2.24, 2.45) is 5.41 Å². The average Bonchev–Trinajstić information content (AvgIpc) is 2.33. The number of ether oxygens (including phenoxy) is 2. The van der Waals surface area contributed by atoms with Gasteiger partial charge in [0, 0.05) is 13.7 Å². The van der Waals surface area contributed by atoms with Crippen LogP contribution < -0.4 is 0 Å². The summed E-state index contributed by atoms with van der Waals surface area (Å²) in [6.45, 7) is 1.71. The zero-order valence-electron chi connectivity index (χ0n) is 12.9. The maximum Gasteiger partial charge on any atom is 0.317 e. The number of rotatable bonds is 11. The molecule has 0 aliphatic heterocycles. The summed E-state index contributed by atoms with van der Waals surface area (Å²) < 4.78 is 9.83. The lowest BCUT2D eigenvalue weighted by molar-refractivity contribution is -0.160. The number of hydrogen-bond donors (Lipinski definition) is 3. The van der Waals surface area contributed by atoms with Crippen LogP contribution in [0.25, 0.3) is 0 Å². The Kier molecular flexibility index (Phi) is 8.61. The standard InChI is InChI=1S/C13H23NO8/c1-13(2,8-21-3)12(20)22-7-9(15)4-14(5-10(16)17)6-11(18)19/h9,15H,4-8H2,1-3H3,(H,16,17)(H,18,19). The van der Waals surface area contributed by atoms with Crippen LogP contribution in [0.3, 0.4) is 0 Å². The Bertz CT molecular complexity index is 380. The summed E-state index contributed by atoms with van der Waals surface area (Å²) >= 11 is 0. The van der Waals surface area contributed by atoms with Gasteiger partial charge in [-0.15, -0.1) is 0 Å². The minimum Gasteiger partial charge on any atom is -0.480 e. The number of esters is 1. The molecule has 0 bridgehead atoms. The molecule has 1 unspecified atom stereocenters. The molecule has 0 aromatic heterocycles. The molecule has 0 aromatic carbocycles. The van der Waals surface area contributed by atoms with E-state index in [1.54, 1.807) is 13.8 Å². The second-order valence-electron chi connectivity index (χ2n) is 5.53. The van der Waals surface area contributed by atoms with Gasteiger partial charge in [0.15, 0.2) is 0 Å². The highest BCUT2D eigenvalue weighted by molar-refractivity contribution is 5.76. The van der Waals surface area contributed by atoms with Crippen LogP contribution in [0.1, 0.15) is 13.8 Å². The average molecular weight is 321 g/mol.